The van der Waals surface area contributed by atoms with Crippen molar-refractivity contribution in [2.75, 3.05) is 0 Å². The van der Waals surface area contributed by atoms with Gasteiger partial charge in [0.15, 0.2) is 0 Å². The molecule has 0 unspecified atom stereocenters. The lowest BCUT2D eigenvalue weighted by Crippen LogP contribution is -2.41. The zero-order valence-corrected chi connectivity index (χ0v) is 19.8. The van der Waals surface area contributed by atoms with E-state index in [4.69, 9.17) is 9.31 Å². The lowest BCUT2D eigenvalue weighted by molar-refractivity contribution is 0.00578. The molecule has 0 amide bonds. The van der Waals surface area contributed by atoms with Crippen LogP contribution in [0.3, 0.4) is 0 Å². The molecule has 0 bridgehead atoms. The van der Waals surface area contributed by atoms with Crippen LogP contribution in [0.1, 0.15) is 27.7 Å². The summed E-state index contributed by atoms with van der Waals surface area (Å²) in [6.45, 7) is 7.92. The third-order valence-electron chi connectivity index (χ3n) is 6.53. The number of hydrogen-bond donors (Lipinski definition) is 1. The van der Waals surface area contributed by atoms with E-state index in [9.17, 15) is 8.42 Å². The fourth-order valence-electron chi connectivity index (χ4n) is 3.98. The van der Waals surface area contributed by atoms with E-state index in [1.54, 1.807) is 36.5 Å². The number of nitrogens with one attached hydrogen (secondary N) is 1. The van der Waals surface area contributed by atoms with Gasteiger partial charge in [-0.1, -0.05) is 48.5 Å². The van der Waals surface area contributed by atoms with Crippen LogP contribution in [0.4, 0.5) is 0 Å². The predicted octanol–water partition coefficient (Wildman–Crippen LogP) is 4.36. The van der Waals surface area contributed by atoms with Crippen LogP contribution in [-0.4, -0.2) is 36.7 Å². The van der Waals surface area contributed by atoms with E-state index >= 15 is 0 Å². The Kier molecular flexibility index (Phi) is 5.01. The van der Waals surface area contributed by atoms with Gasteiger partial charge in [0.05, 0.1) is 21.8 Å². The number of pyridine rings is 1. The summed E-state index contributed by atoms with van der Waals surface area (Å²) < 4.78 is 40.0. The minimum Gasteiger partial charge on any atom is -0.399 e. The average Bonchev–Trinajstić information content (AvgIpc) is 3.28. The molecule has 6 nitrogen and oxygen atoms in total. The molecule has 0 radical (unpaired) electrons. The van der Waals surface area contributed by atoms with Crippen LogP contribution in [0, 0.1) is 0 Å². The number of aromatic nitrogens is 2. The summed E-state index contributed by atoms with van der Waals surface area (Å²) in [5, 5.41) is 0.505. The highest BCUT2D eigenvalue weighted by molar-refractivity contribution is 7.91. The summed E-state index contributed by atoms with van der Waals surface area (Å²) in [6.07, 6.45) is 1.68. The molecule has 33 heavy (non-hydrogen) atoms. The van der Waals surface area contributed by atoms with Crippen LogP contribution in [0.25, 0.3) is 22.3 Å². The minimum absolute atomic E-state index is 0.195. The van der Waals surface area contributed by atoms with Gasteiger partial charge in [0, 0.05) is 17.0 Å². The van der Waals surface area contributed by atoms with E-state index in [-0.39, 0.29) is 9.79 Å². The molecule has 1 fully saturated rings. The molecule has 4 aromatic rings. The van der Waals surface area contributed by atoms with Crippen LogP contribution < -0.4 is 5.46 Å². The first-order valence-electron chi connectivity index (χ1n) is 10.8. The number of rotatable bonds is 4. The number of sulfone groups is 1. The zero-order valence-electron chi connectivity index (χ0n) is 19.0. The Labute approximate surface area is 194 Å². The molecular formula is C25H25BN2O4S. The number of fused-ring (bicyclic) bond motifs is 1. The second-order valence-corrected chi connectivity index (χ2v) is 11.2. The van der Waals surface area contributed by atoms with Crippen LogP contribution in [-0.2, 0) is 19.1 Å². The Balaban J connectivity index is 1.73. The normalized spacial score (nSPS) is 17.5. The predicted molar refractivity (Wildman–Crippen MR) is 129 cm³/mol. The molecule has 0 atom stereocenters. The average molecular weight is 460 g/mol. The first-order chi connectivity index (χ1) is 15.6. The van der Waals surface area contributed by atoms with Gasteiger partial charge in [0.25, 0.3) is 0 Å². The SMILES string of the molecule is CC1(C)OB(c2cnc3[nH]c(-c4ccccc4)c(S(=O)(=O)c4ccccc4)c3c2)OC1(C)C. The largest absolute Gasteiger partial charge is 0.496 e. The highest BCUT2D eigenvalue weighted by Gasteiger charge is 2.52. The maximum Gasteiger partial charge on any atom is 0.496 e. The fourth-order valence-corrected chi connectivity index (χ4v) is 5.61. The lowest BCUT2D eigenvalue weighted by Gasteiger charge is -2.32. The first kappa shape index (κ1) is 21.9. The molecule has 1 aliphatic heterocycles. The number of benzene rings is 2. The van der Waals surface area contributed by atoms with Crippen molar-refractivity contribution in [2.45, 2.75) is 48.7 Å². The molecular weight excluding hydrogens is 435 g/mol. The van der Waals surface area contributed by atoms with Crippen molar-refractivity contribution in [2.24, 2.45) is 0 Å². The summed E-state index contributed by atoms with van der Waals surface area (Å²) >= 11 is 0. The first-order valence-corrected chi connectivity index (χ1v) is 12.3. The quantitative estimate of drug-likeness (QED) is 0.458. The molecule has 2 aromatic heterocycles. The van der Waals surface area contributed by atoms with E-state index < -0.39 is 28.2 Å². The molecule has 0 aliphatic carbocycles. The van der Waals surface area contributed by atoms with Gasteiger partial charge in [-0.15, -0.1) is 0 Å². The molecule has 8 heteroatoms. The third kappa shape index (κ3) is 3.58. The molecule has 2 aromatic carbocycles. The smallest absolute Gasteiger partial charge is 0.399 e. The van der Waals surface area contributed by atoms with Gasteiger partial charge >= 0.3 is 7.12 Å². The van der Waals surface area contributed by atoms with E-state index in [1.165, 1.54) is 0 Å². The number of nitrogens with zero attached hydrogens (tertiary/aromatic N) is 1. The van der Waals surface area contributed by atoms with Gasteiger partial charge in [0.1, 0.15) is 10.5 Å². The second kappa shape index (κ2) is 7.55. The Morgan fingerprint density at radius 1 is 0.879 bits per heavy atom. The maximum absolute atomic E-state index is 13.8. The summed E-state index contributed by atoms with van der Waals surface area (Å²) in [5.41, 5.74) is 1.40. The van der Waals surface area contributed by atoms with Crippen molar-refractivity contribution in [3.8, 4) is 11.3 Å². The molecule has 3 heterocycles. The minimum atomic E-state index is -3.84. The van der Waals surface area contributed by atoms with Crippen molar-refractivity contribution >= 4 is 33.5 Å². The maximum atomic E-state index is 13.8. The number of hydrogen-bond acceptors (Lipinski definition) is 5. The summed E-state index contributed by atoms with van der Waals surface area (Å²) in [6, 6.07) is 19.7. The topological polar surface area (TPSA) is 81.3 Å². The van der Waals surface area contributed by atoms with E-state index in [0.29, 0.717) is 22.2 Å². The fraction of sp³-hybridized carbons (Fsp3) is 0.240. The number of H-pyrrole nitrogens is 1. The summed E-state index contributed by atoms with van der Waals surface area (Å²) in [5.74, 6) is 0. The summed E-state index contributed by atoms with van der Waals surface area (Å²) in [7, 11) is -4.48. The molecule has 1 N–H and O–H groups in total. The molecule has 5 rings (SSSR count). The molecule has 0 saturated carbocycles. The van der Waals surface area contributed by atoms with Crippen LogP contribution in [0.15, 0.2) is 82.7 Å². The Hall–Kier alpha value is -2.94. The standard InChI is InChI=1S/C25H25BN2O4S/c1-24(2)25(3,4)32-26(31-24)18-15-20-22(33(29,30)19-13-9-6-10-14-19)21(28-23(20)27-16-18)17-11-7-5-8-12-17/h5-16H,1-4H3,(H,27,28). The van der Waals surface area contributed by atoms with E-state index in [1.807, 2.05) is 64.1 Å². The van der Waals surface area contributed by atoms with Crippen molar-refractivity contribution in [3.05, 3.63) is 72.9 Å². The van der Waals surface area contributed by atoms with Gasteiger partial charge in [0.2, 0.25) is 9.84 Å². The van der Waals surface area contributed by atoms with Gasteiger partial charge in [-0.3, -0.25) is 0 Å². The van der Waals surface area contributed by atoms with Crippen molar-refractivity contribution in [3.63, 3.8) is 0 Å². The molecule has 0 spiro atoms. The van der Waals surface area contributed by atoms with Gasteiger partial charge in [-0.25, -0.2) is 13.4 Å². The van der Waals surface area contributed by atoms with E-state index in [0.717, 1.165) is 5.56 Å². The Morgan fingerprint density at radius 2 is 1.45 bits per heavy atom. The molecule has 168 valence electrons. The highest BCUT2D eigenvalue weighted by Crippen LogP contribution is 2.38. The van der Waals surface area contributed by atoms with Crippen LogP contribution in [0.5, 0.6) is 0 Å². The van der Waals surface area contributed by atoms with Crippen LogP contribution >= 0.6 is 0 Å². The van der Waals surface area contributed by atoms with Gasteiger partial charge in [-0.05, 0) is 51.5 Å². The third-order valence-corrected chi connectivity index (χ3v) is 8.39. The van der Waals surface area contributed by atoms with Crippen molar-refractivity contribution < 1.29 is 17.7 Å². The van der Waals surface area contributed by atoms with Gasteiger partial charge < -0.3 is 14.3 Å². The Morgan fingerprint density at radius 3 is 2.06 bits per heavy atom. The Bertz CT molecular complexity index is 1420. The molecule has 1 aliphatic rings. The monoisotopic (exact) mass is 460 g/mol. The van der Waals surface area contributed by atoms with E-state index in [2.05, 4.69) is 9.97 Å². The van der Waals surface area contributed by atoms with Gasteiger partial charge in [-0.2, -0.15) is 0 Å². The molecule has 1 saturated heterocycles. The zero-order chi connectivity index (χ0) is 23.4. The lowest BCUT2D eigenvalue weighted by atomic mass is 9.80. The van der Waals surface area contributed by atoms with Crippen molar-refractivity contribution in [1.82, 2.24) is 9.97 Å². The van der Waals surface area contributed by atoms with Crippen LogP contribution in [0.2, 0.25) is 0 Å². The summed E-state index contributed by atoms with van der Waals surface area (Å²) in [4.78, 5) is 8.21. The highest BCUT2D eigenvalue weighted by atomic mass is 32.2. The second-order valence-electron chi connectivity index (χ2n) is 9.26. The van der Waals surface area contributed by atoms with Crippen molar-refractivity contribution in [1.29, 1.82) is 0 Å². The number of aromatic amines is 1.